The minimum absolute atomic E-state index is 0.0597. The fraction of sp³-hybridized carbons (Fsp3) is 0.963. The molecule has 0 radical (unpaired) electrons. The molecule has 9 atom stereocenters. The first-order valence-electron chi connectivity index (χ1n) is 13.7. The van der Waals surface area contributed by atoms with E-state index in [0.717, 1.165) is 61.3 Å². The first kappa shape index (κ1) is 25.6. The van der Waals surface area contributed by atoms with Gasteiger partial charge in [-0.25, -0.2) is 9.10 Å². The number of hydrogen-bond acceptors (Lipinski definition) is 4. The normalized spacial score (nSPS) is 44.6. The molecule has 4 saturated carbocycles. The van der Waals surface area contributed by atoms with Gasteiger partial charge in [0.1, 0.15) is 0 Å². The number of aliphatic hydroxyl groups excluding tert-OH is 1. The fourth-order valence-corrected chi connectivity index (χ4v) is 9.57. The van der Waals surface area contributed by atoms with E-state index in [1.54, 1.807) is 0 Å². The molecule has 3 N–H and O–H groups in total. The van der Waals surface area contributed by atoms with Crippen LogP contribution in [0.2, 0.25) is 0 Å². The third-order valence-electron chi connectivity index (χ3n) is 10.9. The minimum atomic E-state index is -0.0853. The van der Waals surface area contributed by atoms with Gasteiger partial charge in [-0.1, -0.05) is 27.2 Å². The first-order valence-corrected chi connectivity index (χ1v) is 14.5. The number of carbonyl (C=O) groups excluding carboxylic acids is 1. The van der Waals surface area contributed by atoms with Crippen LogP contribution in [0.1, 0.15) is 91.4 Å². The lowest BCUT2D eigenvalue weighted by Crippen LogP contribution is -2.56. The second-order valence-corrected chi connectivity index (χ2v) is 13.7. The zero-order chi connectivity index (χ0) is 23.8. The van der Waals surface area contributed by atoms with Crippen LogP contribution in [-0.2, 0) is 0 Å². The quantitative estimate of drug-likeness (QED) is 0.317. The van der Waals surface area contributed by atoms with Gasteiger partial charge in [0.15, 0.2) is 0 Å². The third-order valence-corrected chi connectivity index (χ3v) is 11.5. The molecule has 2 amide bonds. The second kappa shape index (κ2) is 10.3. The Hall–Kier alpha value is -0.460. The van der Waals surface area contributed by atoms with Crippen LogP contribution in [0.15, 0.2) is 0 Å². The van der Waals surface area contributed by atoms with Gasteiger partial charge >= 0.3 is 6.03 Å². The number of aliphatic hydroxyl groups is 1. The van der Waals surface area contributed by atoms with Gasteiger partial charge in [0, 0.05) is 18.7 Å². The van der Waals surface area contributed by atoms with Crippen molar-refractivity contribution in [2.75, 3.05) is 20.6 Å². The largest absolute Gasteiger partial charge is 0.393 e. The maximum atomic E-state index is 11.9. The lowest BCUT2D eigenvalue weighted by molar-refractivity contribution is -0.150. The van der Waals surface area contributed by atoms with Crippen LogP contribution in [0.25, 0.3) is 0 Å². The van der Waals surface area contributed by atoms with Crippen LogP contribution in [-0.4, -0.2) is 42.2 Å². The highest BCUT2D eigenvalue weighted by molar-refractivity contribution is 7.95. The van der Waals surface area contributed by atoms with Crippen molar-refractivity contribution in [1.82, 2.24) is 14.3 Å². The summed E-state index contributed by atoms with van der Waals surface area (Å²) in [6, 6.07) is -0.0853. The molecular formula is C27H49N3O2S. The van der Waals surface area contributed by atoms with E-state index >= 15 is 0 Å². The second-order valence-electron chi connectivity index (χ2n) is 12.5. The summed E-state index contributed by atoms with van der Waals surface area (Å²) in [6.07, 6.45) is 13.8. The third kappa shape index (κ3) is 4.95. The maximum Gasteiger partial charge on any atom is 0.325 e. The molecule has 5 unspecified atom stereocenters. The van der Waals surface area contributed by atoms with Crippen LogP contribution in [0, 0.1) is 46.3 Å². The van der Waals surface area contributed by atoms with Crippen molar-refractivity contribution in [1.29, 1.82) is 0 Å². The average Bonchev–Trinajstić information content (AvgIpc) is 3.11. The van der Waals surface area contributed by atoms with Crippen LogP contribution in [0.3, 0.4) is 0 Å². The van der Waals surface area contributed by atoms with E-state index in [4.69, 9.17) is 0 Å². The number of hydrogen-bond donors (Lipinski definition) is 3. The number of fused-ring (bicyclic) bond motifs is 5. The molecule has 5 nitrogen and oxygen atoms in total. The van der Waals surface area contributed by atoms with E-state index in [1.165, 1.54) is 63.5 Å². The van der Waals surface area contributed by atoms with Gasteiger partial charge in [0.05, 0.1) is 6.10 Å². The van der Waals surface area contributed by atoms with E-state index < -0.39 is 0 Å². The van der Waals surface area contributed by atoms with Crippen LogP contribution in [0.5, 0.6) is 0 Å². The van der Waals surface area contributed by atoms with Crippen molar-refractivity contribution in [3.05, 3.63) is 0 Å². The Labute approximate surface area is 206 Å². The van der Waals surface area contributed by atoms with Crippen molar-refractivity contribution in [3.8, 4) is 0 Å². The topological polar surface area (TPSA) is 64.6 Å². The molecule has 0 aromatic carbocycles. The monoisotopic (exact) mass is 479 g/mol. The summed E-state index contributed by atoms with van der Waals surface area (Å²) in [7, 11) is 3.84. The van der Waals surface area contributed by atoms with E-state index in [-0.39, 0.29) is 12.1 Å². The molecular weight excluding hydrogens is 430 g/mol. The van der Waals surface area contributed by atoms with Gasteiger partial charge < -0.3 is 10.4 Å². The molecule has 0 saturated heterocycles. The van der Waals surface area contributed by atoms with Crippen LogP contribution in [0.4, 0.5) is 4.79 Å². The number of urea groups is 1. The lowest BCUT2D eigenvalue weighted by atomic mass is 9.42. The Morgan fingerprint density at radius 2 is 1.76 bits per heavy atom. The Balaban J connectivity index is 1.36. The van der Waals surface area contributed by atoms with Gasteiger partial charge in [-0.3, -0.25) is 4.72 Å². The van der Waals surface area contributed by atoms with Crippen molar-refractivity contribution >= 4 is 18.2 Å². The molecule has 0 aromatic heterocycles. The van der Waals surface area contributed by atoms with E-state index in [2.05, 4.69) is 30.8 Å². The smallest absolute Gasteiger partial charge is 0.325 e. The molecule has 4 aliphatic rings. The highest BCUT2D eigenvalue weighted by atomic mass is 32.2. The van der Waals surface area contributed by atoms with E-state index in [1.807, 2.05) is 18.4 Å². The summed E-state index contributed by atoms with van der Waals surface area (Å²) in [6.45, 7) is 8.40. The maximum absolute atomic E-state index is 11.9. The highest BCUT2D eigenvalue weighted by Crippen LogP contribution is 2.69. The van der Waals surface area contributed by atoms with Crippen molar-refractivity contribution in [3.63, 3.8) is 0 Å². The summed E-state index contributed by atoms with van der Waals surface area (Å²) in [5.74, 6) is 4.99. The summed E-state index contributed by atoms with van der Waals surface area (Å²) in [4.78, 5) is 11.9. The predicted molar refractivity (Wildman–Crippen MR) is 137 cm³/mol. The Bertz CT molecular complexity index is 690. The SMILES string of the molecule is CC[C@H]1CC2C3CC[C@H](CCCNC(=O)NSN(C)C)C3(C)CC[C@@H]2C2(C)CC[C@@H](O)CC12. The van der Waals surface area contributed by atoms with Gasteiger partial charge in [0.25, 0.3) is 0 Å². The number of nitrogens with one attached hydrogen (secondary N) is 2. The Morgan fingerprint density at radius 1 is 1.03 bits per heavy atom. The van der Waals surface area contributed by atoms with E-state index in [9.17, 15) is 9.90 Å². The average molecular weight is 480 g/mol. The molecule has 0 spiro atoms. The molecule has 6 heteroatoms. The molecule has 190 valence electrons. The lowest BCUT2D eigenvalue weighted by Gasteiger charge is -2.63. The number of carbonyl (C=O) groups is 1. The summed E-state index contributed by atoms with van der Waals surface area (Å²) >= 11 is 1.31. The molecule has 0 heterocycles. The molecule has 4 rings (SSSR count). The zero-order valence-electron chi connectivity index (χ0n) is 21.7. The van der Waals surface area contributed by atoms with Gasteiger partial charge in [-0.2, -0.15) is 0 Å². The Kier molecular flexibility index (Phi) is 7.97. The molecule has 4 aliphatic carbocycles. The first-order chi connectivity index (χ1) is 15.7. The van der Waals surface area contributed by atoms with E-state index in [0.29, 0.717) is 10.8 Å². The van der Waals surface area contributed by atoms with Gasteiger partial charge in [-0.15, -0.1) is 0 Å². The van der Waals surface area contributed by atoms with Crippen LogP contribution >= 0.6 is 12.1 Å². The predicted octanol–water partition coefficient (Wildman–Crippen LogP) is 5.85. The van der Waals surface area contributed by atoms with Crippen molar-refractivity contribution < 1.29 is 9.90 Å². The van der Waals surface area contributed by atoms with Crippen molar-refractivity contribution in [2.45, 2.75) is 97.5 Å². The molecule has 0 bridgehead atoms. The number of nitrogens with zero attached hydrogens (tertiary/aromatic N) is 1. The fourth-order valence-electron chi connectivity index (χ4n) is 9.24. The van der Waals surface area contributed by atoms with Crippen LogP contribution < -0.4 is 10.0 Å². The molecule has 0 aliphatic heterocycles. The van der Waals surface area contributed by atoms with Gasteiger partial charge in [0.2, 0.25) is 0 Å². The summed E-state index contributed by atoms with van der Waals surface area (Å²) in [5.41, 5.74) is 0.934. The standard InChI is InChI=1S/C27H49N3O2S/c1-6-18-16-21-22-10-9-19(8-7-15-28-25(32)29-33-30(4)5)26(22,2)14-12-23(21)27(3)13-11-20(31)17-24(18)27/h18-24,31H,6-17H2,1-5H3,(H2,28,29,32)/t18-,19-,20+,21?,22?,23-,24?,26?,27?/m0/s1. The highest BCUT2D eigenvalue weighted by Gasteiger charge is 2.61. The summed E-state index contributed by atoms with van der Waals surface area (Å²) in [5, 5.41) is 13.5. The molecule has 33 heavy (non-hydrogen) atoms. The summed E-state index contributed by atoms with van der Waals surface area (Å²) < 4.78 is 4.69. The Morgan fingerprint density at radius 3 is 2.48 bits per heavy atom. The number of amides is 2. The molecule has 0 aromatic rings. The number of rotatable bonds is 7. The van der Waals surface area contributed by atoms with Gasteiger partial charge in [-0.05, 0) is 125 Å². The zero-order valence-corrected chi connectivity index (χ0v) is 22.6. The molecule has 4 fully saturated rings. The minimum Gasteiger partial charge on any atom is -0.393 e. The van der Waals surface area contributed by atoms with Crippen molar-refractivity contribution in [2.24, 2.45) is 46.3 Å².